The zero-order valence-corrected chi connectivity index (χ0v) is 12.8. The van der Waals surface area contributed by atoms with E-state index in [0.29, 0.717) is 5.41 Å². The number of aryl methyl sites for hydroxylation is 1. The summed E-state index contributed by atoms with van der Waals surface area (Å²) in [5, 5.41) is 6.87. The molecule has 1 aromatic rings. The summed E-state index contributed by atoms with van der Waals surface area (Å²) in [6.07, 6.45) is 2.41. The molecule has 0 aromatic carbocycles. The Bertz CT molecular complexity index is 454. The van der Waals surface area contributed by atoms with Crippen molar-refractivity contribution in [3.8, 4) is 0 Å². The lowest BCUT2D eigenvalue weighted by molar-refractivity contribution is 0.572. The molecule has 4 nitrogen and oxygen atoms in total. The number of rotatable bonds is 6. The van der Waals surface area contributed by atoms with E-state index in [1.165, 1.54) is 6.42 Å². The van der Waals surface area contributed by atoms with Crippen molar-refractivity contribution in [2.45, 2.75) is 47.5 Å². The highest BCUT2D eigenvalue weighted by Gasteiger charge is 2.45. The van der Waals surface area contributed by atoms with Gasteiger partial charge in [-0.3, -0.25) is 0 Å². The standard InChI is InChI=1S/C15H26N4/c1-6-7-16-13-10(2)14(19-11(3)18-13)17-9-12-8-15(12,4)5/h12H,6-9H2,1-5H3,(H2,16,17,18,19). The minimum atomic E-state index is 0.506. The molecule has 0 radical (unpaired) electrons. The van der Waals surface area contributed by atoms with Gasteiger partial charge in [-0.1, -0.05) is 20.8 Å². The summed E-state index contributed by atoms with van der Waals surface area (Å²) in [6.45, 7) is 12.8. The van der Waals surface area contributed by atoms with Gasteiger partial charge in [-0.25, -0.2) is 9.97 Å². The molecule has 1 unspecified atom stereocenters. The molecule has 19 heavy (non-hydrogen) atoms. The third-order valence-corrected chi connectivity index (χ3v) is 4.03. The molecular formula is C15H26N4. The van der Waals surface area contributed by atoms with Gasteiger partial charge >= 0.3 is 0 Å². The van der Waals surface area contributed by atoms with E-state index >= 15 is 0 Å². The summed E-state index contributed by atoms with van der Waals surface area (Å²) in [5.41, 5.74) is 1.63. The smallest absolute Gasteiger partial charge is 0.134 e. The van der Waals surface area contributed by atoms with Crippen LogP contribution in [0.2, 0.25) is 0 Å². The van der Waals surface area contributed by atoms with Crippen LogP contribution in [0.1, 0.15) is 45.0 Å². The van der Waals surface area contributed by atoms with Gasteiger partial charge in [0, 0.05) is 18.7 Å². The summed E-state index contributed by atoms with van der Waals surface area (Å²) >= 11 is 0. The summed E-state index contributed by atoms with van der Waals surface area (Å²) < 4.78 is 0. The topological polar surface area (TPSA) is 49.8 Å². The van der Waals surface area contributed by atoms with E-state index in [9.17, 15) is 0 Å². The van der Waals surface area contributed by atoms with Crippen molar-refractivity contribution in [1.29, 1.82) is 0 Å². The van der Waals surface area contributed by atoms with Crippen LogP contribution in [0.3, 0.4) is 0 Å². The molecule has 2 N–H and O–H groups in total. The van der Waals surface area contributed by atoms with Gasteiger partial charge < -0.3 is 10.6 Å². The Hall–Kier alpha value is -1.32. The molecule has 0 saturated heterocycles. The molecule has 0 aliphatic heterocycles. The van der Waals surface area contributed by atoms with Crippen LogP contribution in [-0.4, -0.2) is 23.1 Å². The number of nitrogens with one attached hydrogen (secondary N) is 2. The van der Waals surface area contributed by atoms with Crippen LogP contribution in [0.4, 0.5) is 11.6 Å². The molecule has 1 aliphatic rings. The van der Waals surface area contributed by atoms with Gasteiger partial charge in [-0.2, -0.15) is 0 Å². The number of hydrogen-bond acceptors (Lipinski definition) is 4. The van der Waals surface area contributed by atoms with Gasteiger partial charge in [0.2, 0.25) is 0 Å². The lowest BCUT2D eigenvalue weighted by Gasteiger charge is -2.14. The van der Waals surface area contributed by atoms with E-state index < -0.39 is 0 Å². The molecule has 1 aliphatic carbocycles. The molecule has 1 heterocycles. The van der Waals surface area contributed by atoms with Crippen molar-refractivity contribution in [2.24, 2.45) is 11.3 Å². The quantitative estimate of drug-likeness (QED) is 0.825. The SMILES string of the molecule is CCCNc1nc(C)nc(NCC2CC2(C)C)c1C. The Balaban J connectivity index is 2.04. The van der Waals surface area contributed by atoms with Gasteiger partial charge in [0.1, 0.15) is 17.5 Å². The van der Waals surface area contributed by atoms with Crippen molar-refractivity contribution >= 4 is 11.6 Å². The molecule has 1 atom stereocenters. The van der Waals surface area contributed by atoms with E-state index in [-0.39, 0.29) is 0 Å². The fourth-order valence-corrected chi connectivity index (χ4v) is 2.36. The zero-order valence-electron chi connectivity index (χ0n) is 12.8. The molecule has 0 amide bonds. The van der Waals surface area contributed by atoms with Gasteiger partial charge in [-0.15, -0.1) is 0 Å². The summed E-state index contributed by atoms with van der Waals surface area (Å²) in [5.74, 6) is 3.54. The van der Waals surface area contributed by atoms with E-state index in [4.69, 9.17) is 0 Å². The monoisotopic (exact) mass is 262 g/mol. The second kappa shape index (κ2) is 5.35. The van der Waals surface area contributed by atoms with Crippen molar-refractivity contribution in [3.63, 3.8) is 0 Å². The Morgan fingerprint density at radius 1 is 1.16 bits per heavy atom. The Kier molecular flexibility index (Phi) is 3.97. The maximum atomic E-state index is 4.53. The van der Waals surface area contributed by atoms with Gasteiger partial charge in [0.15, 0.2) is 0 Å². The van der Waals surface area contributed by atoms with E-state index in [2.05, 4.69) is 48.3 Å². The highest BCUT2D eigenvalue weighted by Crippen LogP contribution is 2.51. The first-order valence-corrected chi connectivity index (χ1v) is 7.27. The van der Waals surface area contributed by atoms with Crippen LogP contribution in [0, 0.1) is 25.2 Å². The molecule has 4 heteroatoms. The van der Waals surface area contributed by atoms with Crippen molar-refractivity contribution in [3.05, 3.63) is 11.4 Å². The summed E-state index contributed by atoms with van der Waals surface area (Å²) in [7, 11) is 0. The second-order valence-corrected chi connectivity index (χ2v) is 6.29. The highest BCUT2D eigenvalue weighted by atomic mass is 15.1. The predicted octanol–water partition coefficient (Wildman–Crippen LogP) is 3.37. The van der Waals surface area contributed by atoms with Crippen molar-refractivity contribution in [2.75, 3.05) is 23.7 Å². The molecule has 1 aromatic heterocycles. The molecule has 2 rings (SSSR count). The first kappa shape index (κ1) is 14.1. The molecule has 1 saturated carbocycles. The highest BCUT2D eigenvalue weighted by molar-refractivity contribution is 5.57. The van der Waals surface area contributed by atoms with Gasteiger partial charge in [-0.05, 0) is 38.0 Å². The van der Waals surface area contributed by atoms with Crippen LogP contribution in [-0.2, 0) is 0 Å². The van der Waals surface area contributed by atoms with Crippen LogP contribution in [0.5, 0.6) is 0 Å². The number of aromatic nitrogens is 2. The van der Waals surface area contributed by atoms with Crippen LogP contribution in [0.15, 0.2) is 0 Å². The maximum absolute atomic E-state index is 4.53. The summed E-state index contributed by atoms with van der Waals surface area (Å²) in [4.78, 5) is 9.01. The molecule has 0 spiro atoms. The first-order chi connectivity index (χ1) is 8.94. The number of nitrogens with zero attached hydrogens (tertiary/aromatic N) is 2. The summed E-state index contributed by atoms with van der Waals surface area (Å²) in [6, 6.07) is 0. The largest absolute Gasteiger partial charge is 0.370 e. The molecule has 1 fully saturated rings. The Labute approximate surface area is 116 Å². The minimum absolute atomic E-state index is 0.506. The lowest BCUT2D eigenvalue weighted by atomic mass is 10.1. The lowest BCUT2D eigenvalue weighted by Crippen LogP contribution is -2.13. The number of anilines is 2. The third kappa shape index (κ3) is 3.37. The third-order valence-electron chi connectivity index (χ3n) is 4.03. The molecular weight excluding hydrogens is 236 g/mol. The molecule has 0 bridgehead atoms. The Morgan fingerprint density at radius 3 is 2.26 bits per heavy atom. The van der Waals surface area contributed by atoms with Gasteiger partial charge in [0.25, 0.3) is 0 Å². The van der Waals surface area contributed by atoms with Crippen LogP contribution < -0.4 is 10.6 Å². The minimum Gasteiger partial charge on any atom is -0.370 e. The average molecular weight is 262 g/mol. The fourth-order valence-electron chi connectivity index (χ4n) is 2.36. The first-order valence-electron chi connectivity index (χ1n) is 7.27. The normalized spacial score (nSPS) is 20.2. The van der Waals surface area contributed by atoms with Crippen molar-refractivity contribution < 1.29 is 0 Å². The second-order valence-electron chi connectivity index (χ2n) is 6.29. The van der Waals surface area contributed by atoms with Crippen LogP contribution >= 0.6 is 0 Å². The van der Waals surface area contributed by atoms with E-state index in [1.54, 1.807) is 0 Å². The van der Waals surface area contributed by atoms with Crippen molar-refractivity contribution in [1.82, 2.24) is 9.97 Å². The molecule has 106 valence electrons. The van der Waals surface area contributed by atoms with Gasteiger partial charge in [0.05, 0.1) is 0 Å². The van der Waals surface area contributed by atoms with E-state index in [0.717, 1.165) is 48.5 Å². The number of hydrogen-bond donors (Lipinski definition) is 2. The zero-order chi connectivity index (χ0) is 14.0. The van der Waals surface area contributed by atoms with Crippen LogP contribution in [0.25, 0.3) is 0 Å². The fraction of sp³-hybridized carbons (Fsp3) is 0.733. The average Bonchev–Trinajstić information content (AvgIpc) is 2.96. The Morgan fingerprint density at radius 2 is 1.74 bits per heavy atom. The maximum Gasteiger partial charge on any atom is 0.134 e. The predicted molar refractivity (Wildman–Crippen MR) is 80.7 cm³/mol. The van der Waals surface area contributed by atoms with E-state index in [1.807, 2.05) is 6.92 Å².